The van der Waals surface area contributed by atoms with Crippen LogP contribution in [0.25, 0.3) is 0 Å². The van der Waals surface area contributed by atoms with Crippen molar-refractivity contribution in [2.75, 3.05) is 13.1 Å². The van der Waals surface area contributed by atoms with Crippen molar-refractivity contribution in [2.24, 2.45) is 0 Å². The fourth-order valence-corrected chi connectivity index (χ4v) is 5.83. The number of halogens is 3. The van der Waals surface area contributed by atoms with E-state index in [-0.39, 0.29) is 33.9 Å². The molecule has 0 saturated carbocycles. The maximum atomic E-state index is 12.9. The molecule has 0 aliphatic carbocycles. The van der Waals surface area contributed by atoms with E-state index >= 15 is 0 Å². The van der Waals surface area contributed by atoms with Crippen LogP contribution in [0.3, 0.4) is 0 Å². The number of rotatable bonds is 2. The summed E-state index contributed by atoms with van der Waals surface area (Å²) in [6, 6.07) is 2.91. The molecule has 1 heterocycles. The van der Waals surface area contributed by atoms with Gasteiger partial charge in [-0.1, -0.05) is 39.1 Å². The van der Waals surface area contributed by atoms with Gasteiger partial charge in [0.05, 0.1) is 10.0 Å². The summed E-state index contributed by atoms with van der Waals surface area (Å²) in [5.41, 5.74) is -1.21. The van der Waals surface area contributed by atoms with Crippen LogP contribution in [0.15, 0.2) is 21.5 Å². The zero-order valence-corrected chi connectivity index (χ0v) is 15.2. The topological polar surface area (TPSA) is 66.5 Å². The van der Waals surface area contributed by atoms with Crippen molar-refractivity contribution in [1.29, 1.82) is 0 Å². The van der Waals surface area contributed by atoms with Crippen LogP contribution in [-0.4, -0.2) is 37.3 Å². The zero-order chi connectivity index (χ0) is 16.0. The molecule has 0 aromatic heterocycles. The molecule has 116 valence electrons. The number of nitrogens with one attached hydrogen (secondary N) is 1. The van der Waals surface area contributed by atoms with Gasteiger partial charge in [0.1, 0.15) is 10.4 Å². The first-order valence-corrected chi connectivity index (χ1v) is 9.03. The first-order valence-electron chi connectivity index (χ1n) is 6.04. The van der Waals surface area contributed by atoms with Gasteiger partial charge in [0.25, 0.3) is 0 Å². The molecular weight excluding hydrogens is 403 g/mol. The Balaban J connectivity index is 2.60. The first kappa shape index (κ1) is 17.0. The van der Waals surface area contributed by atoms with Gasteiger partial charge in [0, 0.05) is 17.6 Å². The Hall–Kier alpha value is -0.340. The molecule has 1 saturated heterocycles. The molecule has 1 aromatic rings. The van der Waals surface area contributed by atoms with Gasteiger partial charge in [-0.25, -0.2) is 8.42 Å². The number of benzene rings is 1. The van der Waals surface area contributed by atoms with Crippen molar-refractivity contribution in [3.63, 3.8) is 0 Å². The lowest BCUT2D eigenvalue weighted by atomic mass is 10.0. The van der Waals surface area contributed by atoms with Crippen LogP contribution < -0.4 is 5.32 Å². The van der Waals surface area contributed by atoms with Gasteiger partial charge in [0.2, 0.25) is 15.9 Å². The van der Waals surface area contributed by atoms with Crippen LogP contribution in [0.2, 0.25) is 10.0 Å². The smallest absolute Gasteiger partial charge is 0.247 e. The molecule has 21 heavy (non-hydrogen) atoms. The SMILES string of the molecule is CC1(C)C(=O)NCCN1S(=O)(=O)c1c(Cl)cc(Br)cc1Cl. The normalized spacial score (nSPS) is 19.4. The van der Waals surface area contributed by atoms with Gasteiger partial charge in [-0.2, -0.15) is 4.31 Å². The number of sulfonamides is 1. The Bertz CT molecular complexity index is 683. The van der Waals surface area contributed by atoms with E-state index in [0.29, 0.717) is 4.47 Å². The van der Waals surface area contributed by atoms with Gasteiger partial charge in [0.15, 0.2) is 0 Å². The van der Waals surface area contributed by atoms with Crippen molar-refractivity contribution in [3.8, 4) is 0 Å². The van der Waals surface area contributed by atoms with Gasteiger partial charge in [-0.3, -0.25) is 4.79 Å². The Morgan fingerprint density at radius 2 is 1.81 bits per heavy atom. The summed E-state index contributed by atoms with van der Waals surface area (Å²) in [5, 5.41) is 2.67. The minimum atomic E-state index is -3.99. The highest BCUT2D eigenvalue weighted by atomic mass is 79.9. The molecule has 0 unspecified atom stereocenters. The van der Waals surface area contributed by atoms with Crippen molar-refractivity contribution >= 4 is 55.1 Å². The molecule has 1 amide bonds. The van der Waals surface area contributed by atoms with Crippen molar-refractivity contribution in [1.82, 2.24) is 9.62 Å². The van der Waals surface area contributed by atoms with E-state index in [1.54, 1.807) is 13.8 Å². The van der Waals surface area contributed by atoms with Crippen molar-refractivity contribution in [2.45, 2.75) is 24.3 Å². The van der Waals surface area contributed by atoms with E-state index in [2.05, 4.69) is 21.2 Å². The fraction of sp³-hybridized carbons (Fsp3) is 0.417. The van der Waals surface area contributed by atoms with Crippen molar-refractivity contribution < 1.29 is 13.2 Å². The molecule has 1 aliphatic rings. The van der Waals surface area contributed by atoms with E-state index in [1.165, 1.54) is 12.1 Å². The lowest BCUT2D eigenvalue weighted by molar-refractivity contribution is -0.131. The second kappa shape index (κ2) is 5.70. The van der Waals surface area contributed by atoms with E-state index in [9.17, 15) is 13.2 Å². The van der Waals surface area contributed by atoms with Crippen LogP contribution in [0, 0.1) is 0 Å². The zero-order valence-electron chi connectivity index (χ0n) is 11.3. The van der Waals surface area contributed by atoms with Crippen LogP contribution >= 0.6 is 39.1 Å². The standard InChI is InChI=1S/C12H13BrCl2N2O3S/c1-12(2)11(18)16-3-4-17(12)21(19,20)10-8(14)5-7(13)6-9(10)15/h5-6H,3-4H2,1-2H3,(H,16,18). The number of piperazine rings is 1. The molecule has 1 fully saturated rings. The number of nitrogens with zero attached hydrogens (tertiary/aromatic N) is 1. The predicted molar refractivity (Wildman–Crippen MR) is 85.1 cm³/mol. The van der Waals surface area contributed by atoms with Gasteiger partial charge in [-0.15, -0.1) is 0 Å². The van der Waals surface area contributed by atoms with E-state index in [0.717, 1.165) is 4.31 Å². The monoisotopic (exact) mass is 414 g/mol. The summed E-state index contributed by atoms with van der Waals surface area (Å²) in [6.07, 6.45) is 0. The molecule has 9 heteroatoms. The van der Waals surface area contributed by atoms with Gasteiger partial charge < -0.3 is 5.32 Å². The number of hydrogen-bond donors (Lipinski definition) is 1. The summed E-state index contributed by atoms with van der Waals surface area (Å²) < 4.78 is 27.4. The molecule has 1 N–H and O–H groups in total. The minimum absolute atomic E-state index is 0.0103. The highest BCUT2D eigenvalue weighted by Crippen LogP contribution is 2.37. The minimum Gasteiger partial charge on any atom is -0.353 e. The van der Waals surface area contributed by atoms with Crippen LogP contribution in [0.4, 0.5) is 0 Å². The van der Waals surface area contributed by atoms with Gasteiger partial charge >= 0.3 is 0 Å². The van der Waals surface area contributed by atoms with E-state index in [4.69, 9.17) is 23.2 Å². The Kier molecular flexibility index (Phi) is 4.62. The predicted octanol–water partition coefficient (Wildman–Crippen LogP) is 2.66. The average Bonchev–Trinajstić information content (AvgIpc) is 2.30. The third-order valence-corrected chi connectivity index (χ3v) is 6.74. The number of hydrogen-bond acceptors (Lipinski definition) is 3. The molecular formula is C12H13BrCl2N2O3S. The molecule has 1 aliphatic heterocycles. The van der Waals surface area contributed by atoms with Gasteiger partial charge in [-0.05, 0) is 26.0 Å². The Morgan fingerprint density at radius 3 is 2.33 bits per heavy atom. The lowest BCUT2D eigenvalue weighted by Gasteiger charge is -2.40. The summed E-state index contributed by atoms with van der Waals surface area (Å²) in [4.78, 5) is 11.8. The van der Waals surface area contributed by atoms with E-state index < -0.39 is 15.6 Å². The summed E-state index contributed by atoms with van der Waals surface area (Å²) in [7, 11) is -3.99. The van der Waals surface area contributed by atoms with Crippen LogP contribution in [0.5, 0.6) is 0 Å². The first-order chi connectivity index (χ1) is 9.58. The second-order valence-corrected chi connectivity index (χ2v) is 8.62. The molecule has 2 rings (SSSR count). The molecule has 1 aromatic carbocycles. The third-order valence-electron chi connectivity index (χ3n) is 3.29. The second-order valence-electron chi connectivity index (χ2n) is 5.09. The quantitative estimate of drug-likeness (QED) is 0.807. The van der Waals surface area contributed by atoms with Crippen LogP contribution in [0.1, 0.15) is 13.8 Å². The van der Waals surface area contributed by atoms with E-state index in [1.807, 2.05) is 0 Å². The average molecular weight is 416 g/mol. The summed E-state index contributed by atoms with van der Waals surface area (Å²) in [6.45, 7) is 3.48. The molecule has 0 atom stereocenters. The maximum Gasteiger partial charge on any atom is 0.247 e. The number of carbonyl (C=O) groups is 1. The lowest BCUT2D eigenvalue weighted by Crippen LogP contribution is -2.63. The molecule has 0 spiro atoms. The van der Waals surface area contributed by atoms with Crippen molar-refractivity contribution in [3.05, 3.63) is 26.7 Å². The third kappa shape index (κ3) is 2.94. The van der Waals surface area contributed by atoms with Crippen LogP contribution in [-0.2, 0) is 14.8 Å². The highest BCUT2D eigenvalue weighted by molar-refractivity contribution is 9.10. The summed E-state index contributed by atoms with van der Waals surface area (Å²) >= 11 is 15.3. The fourth-order valence-electron chi connectivity index (χ4n) is 2.19. The Labute approximate surface area is 141 Å². The number of amides is 1. The highest BCUT2D eigenvalue weighted by Gasteiger charge is 2.46. The number of carbonyl (C=O) groups excluding carboxylic acids is 1. The molecule has 0 bridgehead atoms. The largest absolute Gasteiger partial charge is 0.353 e. The maximum absolute atomic E-state index is 12.9. The molecule has 0 radical (unpaired) electrons. The summed E-state index contributed by atoms with van der Waals surface area (Å²) in [5.74, 6) is -0.360. The molecule has 5 nitrogen and oxygen atoms in total. The Morgan fingerprint density at radius 1 is 1.29 bits per heavy atom.